The Kier molecular flexibility index (Phi) is 5.30. The molecule has 0 amide bonds. The van der Waals surface area contributed by atoms with Gasteiger partial charge >= 0.3 is 0 Å². The van der Waals surface area contributed by atoms with Crippen molar-refractivity contribution in [1.82, 2.24) is 8.61 Å². The number of hydrogen-bond donors (Lipinski definition) is 0. The Hall–Kier alpha value is -0.620. The Morgan fingerprint density at radius 3 is 2.38 bits per heavy atom. The summed E-state index contributed by atoms with van der Waals surface area (Å²) in [6.45, 7) is 5.69. The van der Waals surface area contributed by atoms with Crippen LogP contribution in [0.15, 0.2) is 24.3 Å². The van der Waals surface area contributed by atoms with Crippen LogP contribution in [-0.4, -0.2) is 37.2 Å². The molecule has 0 N–H and O–H groups in total. The van der Waals surface area contributed by atoms with E-state index < -0.39 is 10.2 Å². The second-order valence-electron chi connectivity index (χ2n) is 6.12. The number of hydrogen-bond acceptors (Lipinski definition) is 2. The lowest BCUT2D eigenvalue weighted by Gasteiger charge is -2.36. The van der Waals surface area contributed by atoms with Gasteiger partial charge in [0.1, 0.15) is 0 Å². The van der Waals surface area contributed by atoms with Gasteiger partial charge < -0.3 is 0 Å². The summed E-state index contributed by atoms with van der Waals surface area (Å²) in [4.78, 5) is 0. The van der Waals surface area contributed by atoms with Gasteiger partial charge in [-0.15, -0.1) is 0 Å². The van der Waals surface area contributed by atoms with E-state index in [4.69, 9.17) is 11.6 Å². The molecule has 2 atom stereocenters. The van der Waals surface area contributed by atoms with E-state index in [2.05, 4.69) is 13.8 Å². The molecule has 1 fully saturated rings. The van der Waals surface area contributed by atoms with Crippen LogP contribution < -0.4 is 0 Å². The predicted octanol–water partition coefficient (Wildman–Crippen LogP) is 2.99. The smallest absolute Gasteiger partial charge is 0.195 e. The zero-order valence-electron chi connectivity index (χ0n) is 12.8. The Morgan fingerprint density at radius 1 is 1.24 bits per heavy atom. The van der Waals surface area contributed by atoms with Gasteiger partial charge in [-0.2, -0.15) is 17.0 Å². The molecule has 1 heterocycles. The van der Waals surface area contributed by atoms with Crippen LogP contribution in [0.2, 0.25) is 5.02 Å². The fourth-order valence-corrected chi connectivity index (χ4v) is 4.72. The van der Waals surface area contributed by atoms with Crippen LogP contribution in [0.1, 0.15) is 25.8 Å². The highest BCUT2D eigenvalue weighted by molar-refractivity contribution is 7.86. The maximum Gasteiger partial charge on any atom is 0.282 e. The highest BCUT2D eigenvalue weighted by Gasteiger charge is 2.33. The number of nitrogens with zero attached hydrogens (tertiary/aromatic N) is 2. The Balaban J connectivity index is 2.13. The molecule has 21 heavy (non-hydrogen) atoms. The molecule has 1 aromatic carbocycles. The van der Waals surface area contributed by atoms with E-state index in [1.165, 1.54) is 4.31 Å². The van der Waals surface area contributed by atoms with Crippen molar-refractivity contribution in [2.75, 3.05) is 20.1 Å². The van der Waals surface area contributed by atoms with Gasteiger partial charge in [-0.3, -0.25) is 0 Å². The average molecular weight is 331 g/mol. The average Bonchev–Trinajstić information content (AvgIpc) is 2.40. The molecule has 0 radical (unpaired) electrons. The normalized spacial score (nSPS) is 24.4. The predicted molar refractivity (Wildman–Crippen MR) is 86.4 cm³/mol. The number of rotatable bonds is 4. The third kappa shape index (κ3) is 3.97. The van der Waals surface area contributed by atoms with E-state index in [1.807, 2.05) is 18.2 Å². The summed E-state index contributed by atoms with van der Waals surface area (Å²) < 4.78 is 28.4. The maximum atomic E-state index is 12.7. The van der Waals surface area contributed by atoms with Crippen molar-refractivity contribution in [2.45, 2.75) is 26.8 Å². The minimum absolute atomic E-state index is 0.293. The second kappa shape index (κ2) is 6.65. The third-order valence-electron chi connectivity index (χ3n) is 3.91. The van der Waals surface area contributed by atoms with Crippen molar-refractivity contribution in [3.8, 4) is 0 Å². The first-order chi connectivity index (χ1) is 9.80. The van der Waals surface area contributed by atoms with Gasteiger partial charge in [-0.05, 0) is 29.9 Å². The largest absolute Gasteiger partial charge is 0.282 e. The number of benzene rings is 1. The van der Waals surface area contributed by atoms with E-state index in [0.717, 1.165) is 12.0 Å². The molecule has 2 unspecified atom stereocenters. The monoisotopic (exact) mass is 330 g/mol. The fourth-order valence-electron chi connectivity index (χ4n) is 2.94. The van der Waals surface area contributed by atoms with Crippen LogP contribution in [0.4, 0.5) is 0 Å². The first-order valence-corrected chi connectivity index (χ1v) is 9.03. The zero-order valence-corrected chi connectivity index (χ0v) is 14.4. The van der Waals surface area contributed by atoms with Crippen LogP contribution in [0.5, 0.6) is 0 Å². The fraction of sp³-hybridized carbons (Fsp3) is 0.600. The molecule has 1 aliphatic rings. The quantitative estimate of drug-likeness (QED) is 0.851. The van der Waals surface area contributed by atoms with E-state index in [0.29, 0.717) is 36.5 Å². The molecule has 0 saturated carbocycles. The summed E-state index contributed by atoms with van der Waals surface area (Å²) in [5.41, 5.74) is 0.823. The van der Waals surface area contributed by atoms with Crippen molar-refractivity contribution in [2.24, 2.45) is 11.8 Å². The lowest BCUT2D eigenvalue weighted by molar-refractivity contribution is 0.211. The minimum Gasteiger partial charge on any atom is -0.195 e. The lowest BCUT2D eigenvalue weighted by Crippen LogP contribution is -2.48. The van der Waals surface area contributed by atoms with Crippen molar-refractivity contribution in [3.05, 3.63) is 34.9 Å². The number of piperidine rings is 1. The van der Waals surface area contributed by atoms with Crippen LogP contribution in [0, 0.1) is 11.8 Å². The lowest BCUT2D eigenvalue weighted by atomic mass is 9.94. The number of halogens is 1. The van der Waals surface area contributed by atoms with Crippen LogP contribution in [-0.2, 0) is 16.8 Å². The molecule has 0 spiro atoms. The highest BCUT2D eigenvalue weighted by atomic mass is 35.5. The standard InChI is InChI=1S/C15H23ClN2O2S/c1-12-8-13(2)10-18(9-12)21(19,20)17(3)11-14-6-4-5-7-15(14)16/h4-7,12-13H,8-11H2,1-3H3. The first-order valence-electron chi connectivity index (χ1n) is 7.25. The maximum absolute atomic E-state index is 12.7. The van der Waals surface area contributed by atoms with E-state index >= 15 is 0 Å². The zero-order chi connectivity index (χ0) is 15.6. The van der Waals surface area contributed by atoms with Gasteiger partial charge in [0.15, 0.2) is 0 Å². The Morgan fingerprint density at radius 2 is 1.81 bits per heavy atom. The molecule has 2 rings (SSSR count). The molecule has 118 valence electrons. The Bertz CT molecular complexity index is 581. The molecular weight excluding hydrogens is 308 g/mol. The molecule has 1 aliphatic heterocycles. The highest BCUT2D eigenvalue weighted by Crippen LogP contribution is 2.25. The van der Waals surface area contributed by atoms with Crippen molar-refractivity contribution >= 4 is 21.8 Å². The van der Waals surface area contributed by atoms with Crippen molar-refractivity contribution in [1.29, 1.82) is 0 Å². The SMILES string of the molecule is CC1CC(C)CN(S(=O)(=O)N(C)Cc2ccccc2Cl)C1. The molecule has 6 heteroatoms. The van der Waals surface area contributed by atoms with Crippen molar-refractivity contribution in [3.63, 3.8) is 0 Å². The molecule has 4 nitrogen and oxygen atoms in total. The Labute approximate surface area is 132 Å². The summed E-state index contributed by atoms with van der Waals surface area (Å²) in [7, 11) is -1.82. The summed E-state index contributed by atoms with van der Waals surface area (Å²) in [5, 5.41) is 0.597. The molecule has 1 aromatic rings. The van der Waals surface area contributed by atoms with Gasteiger partial charge in [0.2, 0.25) is 0 Å². The first kappa shape index (κ1) is 16.7. The topological polar surface area (TPSA) is 40.6 Å². The van der Waals surface area contributed by atoms with Crippen LogP contribution in [0.25, 0.3) is 0 Å². The minimum atomic E-state index is -3.43. The van der Waals surface area contributed by atoms with Gasteiger partial charge in [0, 0.05) is 31.7 Å². The van der Waals surface area contributed by atoms with E-state index in [9.17, 15) is 8.42 Å². The van der Waals surface area contributed by atoms with E-state index in [1.54, 1.807) is 17.4 Å². The summed E-state index contributed by atoms with van der Waals surface area (Å²) >= 11 is 6.12. The molecule has 1 saturated heterocycles. The van der Waals surface area contributed by atoms with Gasteiger partial charge in [-0.25, -0.2) is 0 Å². The molecule has 0 aromatic heterocycles. The van der Waals surface area contributed by atoms with Gasteiger partial charge in [-0.1, -0.05) is 43.6 Å². The third-order valence-corrected chi connectivity index (χ3v) is 6.14. The van der Waals surface area contributed by atoms with E-state index in [-0.39, 0.29) is 0 Å². The molecule has 0 aliphatic carbocycles. The summed E-state index contributed by atoms with van der Waals surface area (Å²) in [6.07, 6.45) is 1.08. The van der Waals surface area contributed by atoms with Crippen LogP contribution >= 0.6 is 11.6 Å². The van der Waals surface area contributed by atoms with Crippen LogP contribution in [0.3, 0.4) is 0 Å². The van der Waals surface area contributed by atoms with Crippen molar-refractivity contribution < 1.29 is 8.42 Å². The summed E-state index contributed by atoms with van der Waals surface area (Å²) in [6, 6.07) is 7.35. The van der Waals surface area contributed by atoms with Gasteiger partial charge in [0.05, 0.1) is 0 Å². The molecule has 0 bridgehead atoms. The summed E-state index contributed by atoms with van der Waals surface area (Å²) in [5.74, 6) is 0.800. The van der Waals surface area contributed by atoms with Gasteiger partial charge in [0.25, 0.3) is 10.2 Å². The second-order valence-corrected chi connectivity index (χ2v) is 8.56. The molecular formula is C15H23ClN2O2S.